The van der Waals surface area contributed by atoms with Gasteiger partial charge < -0.3 is 24.9 Å². The largest absolute Gasteiger partial charge is 0.475 e. The van der Waals surface area contributed by atoms with Crippen molar-refractivity contribution in [3.05, 3.63) is 83.3 Å². The Bertz CT molecular complexity index is 1230. The van der Waals surface area contributed by atoms with E-state index in [-0.39, 0.29) is 37.2 Å². The number of furan rings is 1. The van der Waals surface area contributed by atoms with Crippen molar-refractivity contribution in [2.45, 2.75) is 43.7 Å². The Kier molecular flexibility index (Phi) is 6.03. The molecule has 8 heteroatoms. The quantitative estimate of drug-likeness (QED) is 0.444. The number of fused-ring (bicyclic) bond motifs is 3. The van der Waals surface area contributed by atoms with Crippen molar-refractivity contribution in [2.75, 3.05) is 6.61 Å². The summed E-state index contributed by atoms with van der Waals surface area (Å²) in [5, 5.41) is 14.6. The number of carbonyl (C=O) groups excluding carboxylic acids is 2. The highest BCUT2D eigenvalue weighted by Gasteiger charge is 2.41. The minimum atomic E-state index is -1.16. The summed E-state index contributed by atoms with van der Waals surface area (Å²) in [6.07, 6.45) is 1.88. The number of aromatic carboxylic acids is 1. The first-order valence-electron chi connectivity index (χ1n) is 11.7. The molecule has 180 valence electrons. The summed E-state index contributed by atoms with van der Waals surface area (Å²) in [6, 6.07) is 19.2. The van der Waals surface area contributed by atoms with Crippen LogP contribution < -0.4 is 10.6 Å². The molecule has 0 radical (unpaired) electrons. The molecule has 1 saturated carbocycles. The van der Waals surface area contributed by atoms with Gasteiger partial charge in [0.25, 0.3) is 0 Å². The zero-order chi connectivity index (χ0) is 24.4. The molecule has 3 aromatic rings. The van der Waals surface area contributed by atoms with Crippen LogP contribution in [-0.4, -0.2) is 35.2 Å². The van der Waals surface area contributed by atoms with Gasteiger partial charge >= 0.3 is 12.1 Å². The summed E-state index contributed by atoms with van der Waals surface area (Å²) in [4.78, 5) is 36.2. The maximum absolute atomic E-state index is 12.7. The molecule has 3 N–H and O–H groups in total. The Hall–Kier alpha value is -4.07. The van der Waals surface area contributed by atoms with Gasteiger partial charge in [0.15, 0.2) is 0 Å². The Morgan fingerprint density at radius 1 is 0.971 bits per heavy atom. The smallest absolute Gasteiger partial charge is 0.407 e. The third-order valence-electron chi connectivity index (χ3n) is 6.85. The second-order valence-corrected chi connectivity index (χ2v) is 9.11. The van der Waals surface area contributed by atoms with E-state index in [2.05, 4.69) is 34.9 Å². The number of nitrogens with one attached hydrogen (secondary N) is 2. The van der Waals surface area contributed by atoms with Gasteiger partial charge in [0, 0.05) is 12.3 Å². The Morgan fingerprint density at radius 3 is 2.20 bits per heavy atom. The second-order valence-electron chi connectivity index (χ2n) is 9.11. The zero-order valence-electron chi connectivity index (χ0n) is 19.1. The minimum absolute atomic E-state index is 0.0298. The van der Waals surface area contributed by atoms with Crippen molar-refractivity contribution in [3.63, 3.8) is 0 Å². The fourth-order valence-electron chi connectivity index (χ4n) is 4.94. The summed E-state index contributed by atoms with van der Waals surface area (Å²) in [6.45, 7) is 0.291. The zero-order valence-corrected chi connectivity index (χ0v) is 19.1. The van der Waals surface area contributed by atoms with Gasteiger partial charge in [0.2, 0.25) is 11.7 Å². The number of benzene rings is 2. The van der Waals surface area contributed by atoms with Crippen molar-refractivity contribution in [3.8, 4) is 11.1 Å². The molecule has 2 amide bonds. The first-order chi connectivity index (χ1) is 16.9. The first kappa shape index (κ1) is 22.7. The summed E-state index contributed by atoms with van der Waals surface area (Å²) in [5.74, 6) is -1.28. The molecule has 0 unspecified atom stereocenters. The first-order valence-corrected chi connectivity index (χ1v) is 11.7. The number of carboxylic acids is 1. The van der Waals surface area contributed by atoms with Crippen LogP contribution in [0.3, 0.4) is 0 Å². The average molecular weight is 475 g/mol. The highest BCUT2D eigenvalue weighted by atomic mass is 16.5. The van der Waals surface area contributed by atoms with E-state index in [1.54, 1.807) is 0 Å². The lowest BCUT2D eigenvalue weighted by molar-refractivity contribution is -0.123. The van der Waals surface area contributed by atoms with E-state index in [1.807, 2.05) is 24.3 Å². The van der Waals surface area contributed by atoms with Gasteiger partial charge in [-0.3, -0.25) is 4.79 Å². The molecule has 5 rings (SSSR count). The predicted molar refractivity (Wildman–Crippen MR) is 127 cm³/mol. The topological polar surface area (TPSA) is 118 Å². The van der Waals surface area contributed by atoms with Crippen LogP contribution in [0.4, 0.5) is 4.79 Å². The van der Waals surface area contributed by atoms with Gasteiger partial charge in [0.1, 0.15) is 12.4 Å². The van der Waals surface area contributed by atoms with Crippen LogP contribution in [0.2, 0.25) is 0 Å². The molecule has 0 aliphatic heterocycles. The Labute approximate surface area is 202 Å². The third kappa shape index (κ3) is 4.64. The number of hydrogen-bond donors (Lipinski definition) is 3. The number of carbonyl (C=O) groups is 3. The van der Waals surface area contributed by atoms with Crippen LogP contribution in [0.15, 0.2) is 65.1 Å². The van der Waals surface area contributed by atoms with Crippen LogP contribution in [0.1, 0.15) is 59.0 Å². The van der Waals surface area contributed by atoms with Crippen LogP contribution >= 0.6 is 0 Å². The number of alkyl carbamates (subject to hydrolysis) is 1. The number of ether oxygens (including phenoxy) is 1. The highest BCUT2D eigenvalue weighted by molar-refractivity contribution is 5.84. The molecule has 0 spiro atoms. The Balaban J connectivity index is 1.16. The number of carboxylic acid groups (broad SMARTS) is 1. The van der Waals surface area contributed by atoms with Crippen molar-refractivity contribution < 1.29 is 28.6 Å². The Morgan fingerprint density at radius 2 is 1.63 bits per heavy atom. The highest BCUT2D eigenvalue weighted by Crippen LogP contribution is 2.44. The normalized spacial score (nSPS) is 15.4. The van der Waals surface area contributed by atoms with Crippen LogP contribution in [0, 0.1) is 0 Å². The van der Waals surface area contributed by atoms with Gasteiger partial charge in [-0.05, 0) is 53.6 Å². The maximum atomic E-state index is 12.7. The molecule has 0 atom stereocenters. The summed E-state index contributed by atoms with van der Waals surface area (Å²) >= 11 is 0. The lowest BCUT2D eigenvalue weighted by Crippen LogP contribution is -2.56. The fraction of sp³-hybridized carbons (Fsp3) is 0.296. The lowest BCUT2D eigenvalue weighted by Gasteiger charge is -2.41. The van der Waals surface area contributed by atoms with Crippen LogP contribution in [-0.2, 0) is 16.1 Å². The van der Waals surface area contributed by atoms with Crippen molar-refractivity contribution in [1.29, 1.82) is 0 Å². The molecular weight excluding hydrogens is 448 g/mol. The van der Waals surface area contributed by atoms with E-state index in [0.29, 0.717) is 18.6 Å². The molecule has 1 heterocycles. The molecule has 2 aromatic carbocycles. The van der Waals surface area contributed by atoms with E-state index in [4.69, 9.17) is 14.3 Å². The van der Waals surface area contributed by atoms with Crippen LogP contribution in [0.25, 0.3) is 11.1 Å². The molecule has 35 heavy (non-hydrogen) atoms. The minimum Gasteiger partial charge on any atom is -0.475 e. The molecule has 8 nitrogen and oxygen atoms in total. The molecule has 1 fully saturated rings. The third-order valence-corrected chi connectivity index (χ3v) is 6.85. The summed E-state index contributed by atoms with van der Waals surface area (Å²) in [7, 11) is 0. The van der Waals surface area contributed by atoms with Crippen molar-refractivity contribution in [1.82, 2.24) is 10.6 Å². The van der Waals surface area contributed by atoms with E-state index in [0.717, 1.165) is 28.7 Å². The number of hydrogen-bond acceptors (Lipinski definition) is 5. The predicted octanol–water partition coefficient (Wildman–Crippen LogP) is 4.45. The molecule has 0 saturated heterocycles. The van der Waals surface area contributed by atoms with Crippen LogP contribution in [0.5, 0.6) is 0 Å². The van der Waals surface area contributed by atoms with Gasteiger partial charge in [0.05, 0.1) is 12.1 Å². The maximum Gasteiger partial charge on any atom is 0.407 e. The molecular formula is C27H26N2O6. The average Bonchev–Trinajstić information content (AvgIpc) is 3.43. The van der Waals surface area contributed by atoms with Gasteiger partial charge in [-0.2, -0.15) is 0 Å². The molecule has 2 aliphatic rings. The van der Waals surface area contributed by atoms with E-state index in [9.17, 15) is 14.4 Å². The summed E-state index contributed by atoms with van der Waals surface area (Å²) in [5.41, 5.74) is 3.97. The number of rotatable bonds is 8. The summed E-state index contributed by atoms with van der Waals surface area (Å²) < 4.78 is 10.8. The lowest BCUT2D eigenvalue weighted by atomic mass is 9.74. The van der Waals surface area contributed by atoms with Gasteiger partial charge in [-0.1, -0.05) is 48.5 Å². The van der Waals surface area contributed by atoms with E-state index < -0.39 is 17.6 Å². The van der Waals surface area contributed by atoms with Crippen molar-refractivity contribution in [2.24, 2.45) is 0 Å². The van der Waals surface area contributed by atoms with E-state index in [1.165, 1.54) is 12.1 Å². The van der Waals surface area contributed by atoms with Gasteiger partial charge in [-0.15, -0.1) is 0 Å². The fourth-order valence-corrected chi connectivity index (χ4v) is 4.94. The molecule has 1 aromatic heterocycles. The second kappa shape index (κ2) is 9.29. The number of amides is 2. The monoisotopic (exact) mass is 474 g/mol. The van der Waals surface area contributed by atoms with Crippen molar-refractivity contribution >= 4 is 18.0 Å². The van der Waals surface area contributed by atoms with Gasteiger partial charge in [-0.25, -0.2) is 9.59 Å². The molecule has 2 aliphatic carbocycles. The van der Waals surface area contributed by atoms with E-state index >= 15 is 0 Å². The molecule has 0 bridgehead atoms. The SMILES string of the molecule is O=C(CC1(NC(=O)OCC2c3ccccc3-c3ccccc32)CCC1)NCc1ccc(C(=O)O)o1. The standard InChI is InChI=1S/C27H26N2O6/c30-24(28-15-17-10-11-23(35-17)25(31)32)14-27(12-5-13-27)29-26(33)34-16-22-20-8-3-1-6-18(20)19-7-2-4-9-21(19)22/h1-4,6-11,22H,5,12-16H2,(H,28,30)(H,29,33)(H,31,32).